The van der Waals surface area contributed by atoms with Gasteiger partial charge in [-0.15, -0.1) is 6.58 Å². The Morgan fingerprint density at radius 2 is 2.24 bits per heavy atom. The van der Waals surface area contributed by atoms with E-state index in [2.05, 4.69) is 11.9 Å². The fraction of sp³-hybridized carbons (Fsp3) is 0.250. The van der Waals surface area contributed by atoms with Gasteiger partial charge in [0, 0.05) is 6.54 Å². The number of amides is 1. The average molecular weight is 286 g/mol. The van der Waals surface area contributed by atoms with Crippen molar-refractivity contribution in [1.29, 1.82) is 5.26 Å². The maximum Gasteiger partial charge on any atom is 0.262 e. The predicted molar refractivity (Wildman–Crippen MR) is 81.0 cm³/mol. The van der Waals surface area contributed by atoms with E-state index < -0.39 is 5.91 Å². The highest BCUT2D eigenvalue weighted by Gasteiger charge is 2.09. The number of ether oxygens (including phenoxy) is 2. The van der Waals surface area contributed by atoms with Gasteiger partial charge >= 0.3 is 0 Å². The van der Waals surface area contributed by atoms with Gasteiger partial charge in [-0.3, -0.25) is 4.79 Å². The largest absolute Gasteiger partial charge is 0.493 e. The number of nitriles is 1. The van der Waals surface area contributed by atoms with Gasteiger partial charge in [-0.05, 0) is 30.7 Å². The maximum atomic E-state index is 11.8. The Labute approximate surface area is 124 Å². The molecule has 0 bridgehead atoms. The van der Waals surface area contributed by atoms with Gasteiger partial charge in [-0.25, -0.2) is 0 Å². The summed E-state index contributed by atoms with van der Waals surface area (Å²) in [5.41, 5.74) is 0.698. The first-order valence-corrected chi connectivity index (χ1v) is 6.48. The SMILES string of the molecule is C=CCNC(=O)/C(C#N)=C/c1ccc(OCC)c(OC)c1. The first-order chi connectivity index (χ1) is 10.2. The van der Waals surface area contributed by atoms with E-state index in [0.717, 1.165) is 0 Å². The van der Waals surface area contributed by atoms with Crippen molar-refractivity contribution >= 4 is 12.0 Å². The molecule has 0 aliphatic heterocycles. The zero-order valence-electron chi connectivity index (χ0n) is 12.2. The van der Waals surface area contributed by atoms with Crippen LogP contribution in [0.15, 0.2) is 36.4 Å². The second-order valence-electron chi connectivity index (χ2n) is 4.01. The van der Waals surface area contributed by atoms with Gasteiger partial charge < -0.3 is 14.8 Å². The molecule has 1 aromatic rings. The van der Waals surface area contributed by atoms with Crippen molar-refractivity contribution < 1.29 is 14.3 Å². The zero-order valence-corrected chi connectivity index (χ0v) is 12.2. The lowest BCUT2D eigenvalue weighted by Crippen LogP contribution is -2.24. The van der Waals surface area contributed by atoms with Crippen molar-refractivity contribution in [2.24, 2.45) is 0 Å². The number of rotatable bonds is 7. The zero-order chi connectivity index (χ0) is 15.7. The number of carbonyl (C=O) groups is 1. The molecule has 0 saturated carbocycles. The summed E-state index contributed by atoms with van der Waals surface area (Å²) in [5.74, 6) is 0.728. The summed E-state index contributed by atoms with van der Waals surface area (Å²) in [5, 5.41) is 11.6. The van der Waals surface area contributed by atoms with Crippen molar-refractivity contribution in [2.75, 3.05) is 20.3 Å². The monoisotopic (exact) mass is 286 g/mol. The molecule has 0 atom stereocenters. The van der Waals surface area contributed by atoms with Crippen molar-refractivity contribution in [3.63, 3.8) is 0 Å². The summed E-state index contributed by atoms with van der Waals surface area (Å²) in [6.07, 6.45) is 3.05. The van der Waals surface area contributed by atoms with E-state index in [1.807, 2.05) is 13.0 Å². The number of nitrogens with zero attached hydrogens (tertiary/aromatic N) is 1. The summed E-state index contributed by atoms with van der Waals surface area (Å²) in [4.78, 5) is 11.8. The van der Waals surface area contributed by atoms with Crippen LogP contribution >= 0.6 is 0 Å². The fourth-order valence-corrected chi connectivity index (χ4v) is 1.62. The molecule has 0 aromatic heterocycles. The van der Waals surface area contributed by atoms with Gasteiger partial charge in [-0.1, -0.05) is 12.1 Å². The first-order valence-electron chi connectivity index (χ1n) is 6.48. The van der Waals surface area contributed by atoms with Crippen molar-refractivity contribution in [3.8, 4) is 17.6 Å². The van der Waals surface area contributed by atoms with Crippen LogP contribution in [-0.4, -0.2) is 26.2 Å². The minimum Gasteiger partial charge on any atom is -0.493 e. The predicted octanol–water partition coefficient (Wildman–Crippen LogP) is 2.30. The topological polar surface area (TPSA) is 71.4 Å². The molecule has 1 rings (SSSR count). The average Bonchev–Trinajstić information content (AvgIpc) is 2.51. The Bertz CT molecular complexity index is 586. The van der Waals surface area contributed by atoms with Crippen LogP contribution in [-0.2, 0) is 4.79 Å². The van der Waals surface area contributed by atoms with Gasteiger partial charge in [0.05, 0.1) is 13.7 Å². The summed E-state index contributed by atoms with van der Waals surface area (Å²) < 4.78 is 10.6. The van der Waals surface area contributed by atoms with E-state index >= 15 is 0 Å². The molecule has 5 nitrogen and oxygen atoms in total. The van der Waals surface area contributed by atoms with Crippen LogP contribution in [0.1, 0.15) is 12.5 Å². The van der Waals surface area contributed by atoms with Gasteiger partial charge in [0.25, 0.3) is 5.91 Å². The lowest BCUT2D eigenvalue weighted by atomic mass is 10.1. The Hall–Kier alpha value is -2.74. The van der Waals surface area contributed by atoms with Gasteiger partial charge in [0.15, 0.2) is 11.5 Å². The van der Waals surface area contributed by atoms with Crippen LogP contribution in [0.3, 0.4) is 0 Å². The summed E-state index contributed by atoms with van der Waals surface area (Å²) in [7, 11) is 1.54. The van der Waals surface area contributed by atoms with Crippen molar-refractivity contribution in [3.05, 3.63) is 42.0 Å². The number of hydrogen-bond acceptors (Lipinski definition) is 4. The first kappa shape index (κ1) is 16.3. The standard InChI is InChI=1S/C16H18N2O3/c1-4-8-18-16(19)13(11-17)9-12-6-7-14(21-5-2)15(10-12)20-3/h4,6-7,9-10H,1,5,8H2,2-3H3,(H,18,19)/b13-9+. The lowest BCUT2D eigenvalue weighted by Gasteiger charge is -2.09. The van der Waals surface area contributed by atoms with E-state index in [4.69, 9.17) is 14.7 Å². The highest BCUT2D eigenvalue weighted by atomic mass is 16.5. The molecule has 0 aliphatic carbocycles. The molecule has 1 N–H and O–H groups in total. The van der Waals surface area contributed by atoms with Crippen molar-refractivity contribution in [2.45, 2.75) is 6.92 Å². The Morgan fingerprint density at radius 1 is 1.48 bits per heavy atom. The molecule has 0 spiro atoms. The fourth-order valence-electron chi connectivity index (χ4n) is 1.62. The van der Waals surface area contributed by atoms with Crippen LogP contribution in [0.25, 0.3) is 6.08 Å². The number of nitrogens with one attached hydrogen (secondary N) is 1. The van der Waals surface area contributed by atoms with Gasteiger partial charge in [0.1, 0.15) is 11.6 Å². The Kier molecular flexibility index (Phi) is 6.55. The molecule has 0 heterocycles. The van der Waals surface area contributed by atoms with Gasteiger partial charge in [-0.2, -0.15) is 5.26 Å². The van der Waals surface area contributed by atoms with Crippen LogP contribution in [0, 0.1) is 11.3 Å². The molecular weight excluding hydrogens is 268 g/mol. The Balaban J connectivity index is 3.03. The second kappa shape index (κ2) is 8.43. The van der Waals surface area contributed by atoms with Crippen LogP contribution < -0.4 is 14.8 Å². The highest BCUT2D eigenvalue weighted by Crippen LogP contribution is 2.28. The molecule has 110 valence electrons. The molecule has 21 heavy (non-hydrogen) atoms. The minimum atomic E-state index is -0.440. The minimum absolute atomic E-state index is 0.0167. The van der Waals surface area contributed by atoms with Crippen LogP contribution in [0.5, 0.6) is 11.5 Å². The molecular formula is C16H18N2O3. The van der Waals surface area contributed by atoms with Gasteiger partial charge in [0.2, 0.25) is 0 Å². The molecule has 0 saturated heterocycles. The van der Waals surface area contributed by atoms with Crippen LogP contribution in [0.2, 0.25) is 0 Å². The number of benzene rings is 1. The van der Waals surface area contributed by atoms with E-state index in [1.165, 1.54) is 13.2 Å². The van der Waals surface area contributed by atoms with Crippen LogP contribution in [0.4, 0.5) is 0 Å². The summed E-state index contributed by atoms with van der Waals surface area (Å²) in [6.45, 7) is 6.22. The lowest BCUT2D eigenvalue weighted by molar-refractivity contribution is -0.116. The van der Waals surface area contributed by atoms with E-state index in [-0.39, 0.29) is 5.57 Å². The smallest absolute Gasteiger partial charge is 0.262 e. The normalized spacial score (nSPS) is 10.4. The quantitative estimate of drug-likeness (QED) is 0.474. The highest BCUT2D eigenvalue weighted by molar-refractivity contribution is 6.01. The molecule has 1 aromatic carbocycles. The summed E-state index contributed by atoms with van der Waals surface area (Å²) in [6, 6.07) is 7.09. The Morgan fingerprint density at radius 3 is 2.81 bits per heavy atom. The number of carbonyl (C=O) groups excluding carboxylic acids is 1. The van der Waals surface area contributed by atoms with E-state index in [9.17, 15) is 4.79 Å². The molecule has 1 amide bonds. The maximum absolute atomic E-state index is 11.8. The molecule has 5 heteroatoms. The molecule has 0 unspecified atom stereocenters. The van der Waals surface area contributed by atoms with E-state index in [1.54, 1.807) is 24.3 Å². The molecule has 0 radical (unpaired) electrons. The second-order valence-corrected chi connectivity index (χ2v) is 4.01. The van der Waals surface area contributed by atoms with Crippen molar-refractivity contribution in [1.82, 2.24) is 5.32 Å². The molecule has 0 aliphatic rings. The molecule has 0 fully saturated rings. The summed E-state index contributed by atoms with van der Waals surface area (Å²) >= 11 is 0. The third kappa shape index (κ3) is 4.69. The number of methoxy groups -OCH3 is 1. The third-order valence-corrected chi connectivity index (χ3v) is 2.57. The van der Waals surface area contributed by atoms with E-state index in [0.29, 0.717) is 30.2 Å². The third-order valence-electron chi connectivity index (χ3n) is 2.57. The number of hydrogen-bond donors (Lipinski definition) is 1.